The highest BCUT2D eigenvalue weighted by atomic mass is 15.2. The molecule has 1 aromatic rings. The molecule has 0 fully saturated rings. The third-order valence-electron chi connectivity index (χ3n) is 2.23. The quantitative estimate of drug-likeness (QED) is 0.734. The topological polar surface area (TPSA) is 55.0 Å². The van der Waals surface area contributed by atoms with Crippen LogP contribution in [-0.2, 0) is 6.54 Å². The molecule has 0 atom stereocenters. The van der Waals surface area contributed by atoms with Crippen LogP contribution >= 0.6 is 0 Å². The van der Waals surface area contributed by atoms with Gasteiger partial charge in [0.1, 0.15) is 0 Å². The first-order chi connectivity index (χ1) is 7.22. The van der Waals surface area contributed by atoms with Crippen LogP contribution in [0.4, 0.5) is 5.95 Å². The van der Waals surface area contributed by atoms with Crippen LogP contribution in [0, 0.1) is 19.3 Å². The van der Waals surface area contributed by atoms with Crippen molar-refractivity contribution in [1.29, 1.82) is 0 Å². The third-order valence-corrected chi connectivity index (χ3v) is 2.23. The Morgan fingerprint density at radius 3 is 2.80 bits per heavy atom. The lowest BCUT2D eigenvalue weighted by atomic mass is 10.2. The average Bonchev–Trinajstić information content (AvgIpc) is 2.25. The van der Waals surface area contributed by atoms with Crippen LogP contribution in [0.2, 0.25) is 0 Å². The number of aromatic nitrogens is 2. The number of nitrogens with two attached hydrogens (primary N) is 1. The molecule has 0 amide bonds. The van der Waals surface area contributed by atoms with Gasteiger partial charge >= 0.3 is 0 Å². The second-order valence-electron chi connectivity index (χ2n) is 3.20. The highest BCUT2D eigenvalue weighted by Crippen LogP contribution is 2.10. The molecule has 0 aliphatic carbocycles. The fourth-order valence-electron chi connectivity index (χ4n) is 1.27. The zero-order valence-corrected chi connectivity index (χ0v) is 9.20. The van der Waals surface area contributed by atoms with Gasteiger partial charge in [0.15, 0.2) is 0 Å². The van der Waals surface area contributed by atoms with E-state index in [9.17, 15) is 0 Å². The first-order valence-electron chi connectivity index (χ1n) is 4.93. The van der Waals surface area contributed by atoms with Gasteiger partial charge < -0.3 is 10.6 Å². The van der Waals surface area contributed by atoms with Crippen molar-refractivity contribution in [3.63, 3.8) is 0 Å². The Morgan fingerprint density at radius 2 is 2.33 bits per heavy atom. The van der Waals surface area contributed by atoms with Crippen LogP contribution in [0.3, 0.4) is 0 Å². The molecule has 1 aromatic heterocycles. The SMILES string of the molecule is C#CCN(CC)c1ncc(CN)c(C)n1. The minimum absolute atomic E-state index is 0.466. The van der Waals surface area contributed by atoms with Gasteiger partial charge in [0.2, 0.25) is 5.95 Å². The number of anilines is 1. The molecule has 1 rings (SSSR count). The van der Waals surface area contributed by atoms with Gasteiger partial charge in [-0.3, -0.25) is 0 Å². The van der Waals surface area contributed by atoms with Gasteiger partial charge in [-0.25, -0.2) is 9.97 Å². The van der Waals surface area contributed by atoms with Crippen LogP contribution in [0.25, 0.3) is 0 Å². The number of nitrogens with zero attached hydrogens (tertiary/aromatic N) is 3. The van der Waals surface area contributed by atoms with Gasteiger partial charge in [0, 0.05) is 30.5 Å². The first kappa shape index (κ1) is 11.5. The molecule has 15 heavy (non-hydrogen) atoms. The molecule has 0 saturated heterocycles. The second-order valence-corrected chi connectivity index (χ2v) is 3.20. The Kier molecular flexibility index (Phi) is 4.07. The van der Waals surface area contributed by atoms with Gasteiger partial charge in [-0.15, -0.1) is 6.42 Å². The third kappa shape index (κ3) is 2.67. The predicted octanol–water partition coefficient (Wildman–Crippen LogP) is 0.703. The summed E-state index contributed by atoms with van der Waals surface area (Å²) in [6, 6.07) is 0. The Labute approximate surface area is 90.5 Å². The molecule has 1 heterocycles. The minimum atomic E-state index is 0.466. The molecule has 0 aromatic carbocycles. The lowest BCUT2D eigenvalue weighted by Gasteiger charge is -2.18. The Balaban J connectivity index is 2.95. The minimum Gasteiger partial charge on any atom is -0.330 e. The number of hydrogen-bond acceptors (Lipinski definition) is 4. The molecule has 80 valence electrons. The van der Waals surface area contributed by atoms with Crippen LogP contribution in [-0.4, -0.2) is 23.1 Å². The Morgan fingerprint density at radius 1 is 1.60 bits per heavy atom. The van der Waals surface area contributed by atoms with Gasteiger partial charge in [-0.2, -0.15) is 0 Å². The highest BCUT2D eigenvalue weighted by molar-refractivity contribution is 5.34. The Hall–Kier alpha value is -1.60. The zero-order valence-electron chi connectivity index (χ0n) is 9.20. The van der Waals surface area contributed by atoms with E-state index in [0.717, 1.165) is 17.8 Å². The summed E-state index contributed by atoms with van der Waals surface area (Å²) in [5.74, 6) is 3.26. The highest BCUT2D eigenvalue weighted by Gasteiger charge is 2.07. The molecule has 4 heteroatoms. The van der Waals surface area contributed by atoms with Crippen molar-refractivity contribution in [3.8, 4) is 12.3 Å². The van der Waals surface area contributed by atoms with Crippen molar-refractivity contribution in [2.75, 3.05) is 18.0 Å². The predicted molar refractivity (Wildman–Crippen MR) is 61.4 cm³/mol. The number of aryl methyl sites for hydroxylation is 1. The summed E-state index contributed by atoms with van der Waals surface area (Å²) in [6.45, 7) is 5.74. The molecule has 0 aliphatic heterocycles. The average molecular weight is 204 g/mol. The first-order valence-corrected chi connectivity index (χ1v) is 4.93. The van der Waals surface area contributed by atoms with Crippen LogP contribution in [0.15, 0.2) is 6.20 Å². The summed E-state index contributed by atoms with van der Waals surface area (Å²) in [5, 5.41) is 0. The fourth-order valence-corrected chi connectivity index (χ4v) is 1.27. The molecule has 4 nitrogen and oxygen atoms in total. The zero-order chi connectivity index (χ0) is 11.3. The van der Waals surface area contributed by atoms with Gasteiger partial charge in [-0.1, -0.05) is 5.92 Å². The number of hydrogen-bond donors (Lipinski definition) is 1. The molecule has 0 spiro atoms. The maximum Gasteiger partial charge on any atom is 0.226 e. The largest absolute Gasteiger partial charge is 0.330 e. The molecule has 2 N–H and O–H groups in total. The van der Waals surface area contributed by atoms with E-state index in [1.54, 1.807) is 6.20 Å². The van der Waals surface area contributed by atoms with Crippen molar-refractivity contribution in [1.82, 2.24) is 9.97 Å². The maximum atomic E-state index is 5.54. The van der Waals surface area contributed by atoms with Crippen molar-refractivity contribution in [2.45, 2.75) is 20.4 Å². The Bertz CT molecular complexity index is 367. The standard InChI is InChI=1S/C11H16N4/c1-4-6-15(5-2)11-13-8-10(7-12)9(3)14-11/h1,8H,5-7,12H2,2-3H3. The van der Waals surface area contributed by atoms with E-state index < -0.39 is 0 Å². The summed E-state index contributed by atoms with van der Waals surface area (Å²) in [4.78, 5) is 10.6. The number of terminal acetylenes is 1. The van der Waals surface area contributed by atoms with E-state index >= 15 is 0 Å². The van der Waals surface area contributed by atoms with E-state index in [1.165, 1.54) is 0 Å². The molecule has 0 radical (unpaired) electrons. The maximum absolute atomic E-state index is 5.54. The molecule has 0 unspecified atom stereocenters. The van der Waals surface area contributed by atoms with Crippen molar-refractivity contribution in [2.24, 2.45) is 5.73 Å². The normalized spacial score (nSPS) is 9.73. The summed E-state index contributed by atoms with van der Waals surface area (Å²) < 4.78 is 0. The summed E-state index contributed by atoms with van der Waals surface area (Å²) in [6.07, 6.45) is 7.03. The molecule has 0 bridgehead atoms. The van der Waals surface area contributed by atoms with Crippen molar-refractivity contribution < 1.29 is 0 Å². The van der Waals surface area contributed by atoms with Crippen LogP contribution in [0.5, 0.6) is 0 Å². The monoisotopic (exact) mass is 204 g/mol. The number of rotatable bonds is 4. The van der Waals surface area contributed by atoms with Crippen LogP contribution < -0.4 is 10.6 Å². The molecular weight excluding hydrogens is 188 g/mol. The molecule has 0 aliphatic rings. The van der Waals surface area contributed by atoms with E-state index in [0.29, 0.717) is 19.0 Å². The fraction of sp³-hybridized carbons (Fsp3) is 0.455. The van der Waals surface area contributed by atoms with E-state index in [2.05, 4.69) is 15.9 Å². The van der Waals surface area contributed by atoms with E-state index in [4.69, 9.17) is 12.2 Å². The van der Waals surface area contributed by atoms with Crippen LogP contribution in [0.1, 0.15) is 18.2 Å². The van der Waals surface area contributed by atoms with Crippen molar-refractivity contribution >= 4 is 5.95 Å². The van der Waals surface area contributed by atoms with Gasteiger partial charge in [0.05, 0.1) is 6.54 Å². The van der Waals surface area contributed by atoms with Gasteiger partial charge in [-0.05, 0) is 13.8 Å². The summed E-state index contributed by atoms with van der Waals surface area (Å²) in [7, 11) is 0. The molecule has 0 saturated carbocycles. The van der Waals surface area contributed by atoms with E-state index in [1.807, 2.05) is 18.7 Å². The summed E-state index contributed by atoms with van der Waals surface area (Å²) in [5.41, 5.74) is 7.42. The lowest BCUT2D eigenvalue weighted by molar-refractivity contribution is 0.842. The molecular formula is C11H16N4. The summed E-state index contributed by atoms with van der Waals surface area (Å²) >= 11 is 0. The van der Waals surface area contributed by atoms with Gasteiger partial charge in [0.25, 0.3) is 0 Å². The van der Waals surface area contributed by atoms with E-state index in [-0.39, 0.29) is 0 Å². The lowest BCUT2D eigenvalue weighted by Crippen LogP contribution is -2.25. The second kappa shape index (κ2) is 5.32. The van der Waals surface area contributed by atoms with Crippen molar-refractivity contribution in [3.05, 3.63) is 17.5 Å². The smallest absolute Gasteiger partial charge is 0.226 e.